The highest BCUT2D eigenvalue weighted by molar-refractivity contribution is 7.89. The summed E-state index contributed by atoms with van der Waals surface area (Å²) in [6, 6.07) is 23.2. The molecule has 7 heteroatoms. The molecule has 6 nitrogen and oxygen atoms in total. The maximum Gasteiger partial charge on any atom is 0.243 e. The second kappa shape index (κ2) is 10.3. The highest BCUT2D eigenvalue weighted by atomic mass is 32.2. The molecule has 0 bridgehead atoms. The van der Waals surface area contributed by atoms with E-state index in [4.69, 9.17) is 0 Å². The Kier molecular flexibility index (Phi) is 7.19. The van der Waals surface area contributed by atoms with Crippen molar-refractivity contribution < 1.29 is 13.2 Å². The zero-order valence-corrected chi connectivity index (χ0v) is 18.9. The molecule has 168 valence electrons. The average Bonchev–Trinajstić information content (AvgIpc) is 2.82. The van der Waals surface area contributed by atoms with Gasteiger partial charge in [0, 0.05) is 32.7 Å². The molecule has 0 aromatic heterocycles. The first-order chi connectivity index (χ1) is 15.5. The van der Waals surface area contributed by atoms with Crippen LogP contribution in [0, 0.1) is 0 Å². The average molecular weight is 452 g/mol. The number of nitrogens with one attached hydrogen (secondary N) is 1. The lowest BCUT2D eigenvalue weighted by Gasteiger charge is -2.33. The van der Waals surface area contributed by atoms with Gasteiger partial charge in [0.25, 0.3) is 0 Å². The van der Waals surface area contributed by atoms with Crippen LogP contribution in [0.25, 0.3) is 10.8 Å². The first-order valence-electron chi connectivity index (χ1n) is 11.0. The summed E-state index contributed by atoms with van der Waals surface area (Å²) in [5.41, 5.74) is 1.27. The number of fused-ring (bicyclic) bond motifs is 1. The number of benzene rings is 3. The Morgan fingerprint density at radius 1 is 0.844 bits per heavy atom. The minimum atomic E-state index is -3.54. The molecule has 4 rings (SSSR count). The predicted molar refractivity (Wildman–Crippen MR) is 127 cm³/mol. The van der Waals surface area contributed by atoms with E-state index in [0.29, 0.717) is 44.2 Å². The lowest BCUT2D eigenvalue weighted by Crippen LogP contribution is -2.51. The van der Waals surface area contributed by atoms with Gasteiger partial charge in [0.15, 0.2) is 0 Å². The van der Waals surface area contributed by atoms with Gasteiger partial charge >= 0.3 is 0 Å². The summed E-state index contributed by atoms with van der Waals surface area (Å²) in [4.78, 5) is 14.6. The van der Waals surface area contributed by atoms with Gasteiger partial charge < -0.3 is 5.32 Å². The van der Waals surface area contributed by atoms with Crippen LogP contribution in [-0.2, 0) is 21.2 Å². The Morgan fingerprint density at radius 3 is 2.28 bits per heavy atom. The number of hydrogen-bond donors (Lipinski definition) is 1. The summed E-state index contributed by atoms with van der Waals surface area (Å²) in [7, 11) is -3.54. The maximum atomic E-state index is 13.1. The minimum Gasteiger partial charge on any atom is -0.355 e. The van der Waals surface area contributed by atoms with E-state index in [0.717, 1.165) is 23.6 Å². The van der Waals surface area contributed by atoms with Gasteiger partial charge in [-0.3, -0.25) is 9.69 Å². The Hall–Kier alpha value is -2.74. The van der Waals surface area contributed by atoms with E-state index >= 15 is 0 Å². The molecule has 0 radical (unpaired) electrons. The maximum absolute atomic E-state index is 13.1. The van der Waals surface area contributed by atoms with E-state index < -0.39 is 10.0 Å². The Bertz CT molecular complexity index is 1160. The van der Waals surface area contributed by atoms with Crippen LogP contribution in [0.4, 0.5) is 0 Å². The SMILES string of the molecule is O=C(CN1CCN(S(=O)(=O)c2ccc3ccccc3c2)CC1)NCCCc1ccccc1. The molecule has 1 amide bonds. The summed E-state index contributed by atoms with van der Waals surface area (Å²) in [6.45, 7) is 2.81. The van der Waals surface area contributed by atoms with Crippen molar-refractivity contribution in [3.8, 4) is 0 Å². The summed E-state index contributed by atoms with van der Waals surface area (Å²) in [5.74, 6) is -0.0103. The van der Waals surface area contributed by atoms with Gasteiger partial charge in [-0.05, 0) is 41.3 Å². The van der Waals surface area contributed by atoms with Crippen LogP contribution in [-0.4, -0.2) is 62.8 Å². The van der Waals surface area contributed by atoms with Gasteiger partial charge in [0.05, 0.1) is 11.4 Å². The normalized spacial score (nSPS) is 15.6. The van der Waals surface area contributed by atoms with Crippen molar-refractivity contribution in [1.29, 1.82) is 0 Å². The van der Waals surface area contributed by atoms with Crippen LogP contribution in [0.1, 0.15) is 12.0 Å². The van der Waals surface area contributed by atoms with Crippen LogP contribution in [0.2, 0.25) is 0 Å². The number of hydrogen-bond acceptors (Lipinski definition) is 4. The molecule has 3 aromatic carbocycles. The highest BCUT2D eigenvalue weighted by Gasteiger charge is 2.29. The van der Waals surface area contributed by atoms with Crippen molar-refractivity contribution in [1.82, 2.24) is 14.5 Å². The zero-order valence-electron chi connectivity index (χ0n) is 18.1. The molecule has 1 heterocycles. The number of amides is 1. The van der Waals surface area contributed by atoms with Crippen molar-refractivity contribution in [2.75, 3.05) is 39.3 Å². The van der Waals surface area contributed by atoms with E-state index in [1.54, 1.807) is 12.1 Å². The largest absolute Gasteiger partial charge is 0.355 e. The third kappa shape index (κ3) is 5.54. The van der Waals surface area contributed by atoms with Crippen LogP contribution < -0.4 is 5.32 Å². The molecule has 0 saturated carbocycles. The molecule has 1 N–H and O–H groups in total. The number of carbonyl (C=O) groups excluding carboxylic acids is 1. The van der Waals surface area contributed by atoms with Gasteiger partial charge in [-0.1, -0.05) is 60.7 Å². The van der Waals surface area contributed by atoms with Gasteiger partial charge in [-0.25, -0.2) is 8.42 Å². The molecule has 1 aliphatic rings. The van der Waals surface area contributed by atoms with Crippen molar-refractivity contribution >= 4 is 26.7 Å². The monoisotopic (exact) mass is 451 g/mol. The summed E-state index contributed by atoms with van der Waals surface area (Å²) in [6.07, 6.45) is 1.83. The molecule has 3 aromatic rings. The van der Waals surface area contributed by atoms with Crippen LogP contribution in [0.15, 0.2) is 77.7 Å². The second-order valence-electron chi connectivity index (χ2n) is 8.13. The highest BCUT2D eigenvalue weighted by Crippen LogP contribution is 2.22. The minimum absolute atomic E-state index is 0.0103. The van der Waals surface area contributed by atoms with Crippen molar-refractivity contribution in [2.24, 2.45) is 0 Å². The quantitative estimate of drug-likeness (QED) is 0.535. The first-order valence-corrected chi connectivity index (χ1v) is 12.5. The molecule has 0 spiro atoms. The predicted octanol–water partition coefficient (Wildman–Crippen LogP) is 2.90. The second-order valence-corrected chi connectivity index (χ2v) is 10.1. The number of rotatable bonds is 8. The smallest absolute Gasteiger partial charge is 0.243 e. The Labute approximate surface area is 189 Å². The van der Waals surface area contributed by atoms with Gasteiger partial charge in [0.1, 0.15) is 0 Å². The summed E-state index contributed by atoms with van der Waals surface area (Å²) < 4.78 is 27.7. The lowest BCUT2D eigenvalue weighted by atomic mass is 10.1. The Morgan fingerprint density at radius 2 is 1.53 bits per heavy atom. The molecule has 0 unspecified atom stereocenters. The molecule has 1 saturated heterocycles. The van der Waals surface area contributed by atoms with Gasteiger partial charge in [-0.2, -0.15) is 4.31 Å². The van der Waals surface area contributed by atoms with E-state index in [9.17, 15) is 13.2 Å². The fourth-order valence-corrected chi connectivity index (χ4v) is 5.49. The molecule has 0 aliphatic carbocycles. The van der Waals surface area contributed by atoms with Gasteiger partial charge in [-0.15, -0.1) is 0 Å². The third-order valence-electron chi connectivity index (χ3n) is 5.86. The summed E-state index contributed by atoms with van der Waals surface area (Å²) in [5, 5.41) is 4.90. The third-order valence-corrected chi connectivity index (χ3v) is 7.76. The molecule has 1 fully saturated rings. The number of nitrogens with zero attached hydrogens (tertiary/aromatic N) is 2. The molecular weight excluding hydrogens is 422 g/mol. The van der Waals surface area contributed by atoms with Crippen molar-refractivity contribution in [2.45, 2.75) is 17.7 Å². The van der Waals surface area contributed by atoms with Crippen molar-refractivity contribution in [3.63, 3.8) is 0 Å². The van der Waals surface area contributed by atoms with Crippen LogP contribution in [0.3, 0.4) is 0 Å². The number of sulfonamides is 1. The van der Waals surface area contributed by atoms with Gasteiger partial charge in [0.2, 0.25) is 15.9 Å². The fraction of sp³-hybridized carbons (Fsp3) is 0.320. The van der Waals surface area contributed by atoms with E-state index in [1.165, 1.54) is 9.87 Å². The van der Waals surface area contributed by atoms with Crippen LogP contribution >= 0.6 is 0 Å². The first kappa shape index (κ1) is 22.5. The molecule has 32 heavy (non-hydrogen) atoms. The number of piperazine rings is 1. The topological polar surface area (TPSA) is 69.7 Å². The molecule has 1 aliphatic heterocycles. The van der Waals surface area contributed by atoms with E-state index in [-0.39, 0.29) is 5.91 Å². The number of carbonyl (C=O) groups is 1. The lowest BCUT2D eigenvalue weighted by molar-refractivity contribution is -0.122. The zero-order chi connectivity index (χ0) is 22.4. The standard InChI is InChI=1S/C25H29N3O3S/c29-25(26-14-6-9-21-7-2-1-3-8-21)20-27-15-17-28(18-16-27)32(30,31)24-13-12-22-10-4-5-11-23(22)19-24/h1-5,7-8,10-13,19H,6,9,14-18,20H2,(H,26,29). The summed E-state index contributed by atoms with van der Waals surface area (Å²) >= 11 is 0. The fourth-order valence-electron chi connectivity index (χ4n) is 4.03. The van der Waals surface area contributed by atoms with E-state index in [1.807, 2.05) is 53.4 Å². The van der Waals surface area contributed by atoms with E-state index in [2.05, 4.69) is 17.4 Å². The van der Waals surface area contributed by atoms with Crippen molar-refractivity contribution in [3.05, 3.63) is 78.4 Å². The molecular formula is C25H29N3O3S. The number of aryl methyl sites for hydroxylation is 1. The molecule has 0 atom stereocenters. The van der Waals surface area contributed by atoms with Crippen LogP contribution in [0.5, 0.6) is 0 Å². The Balaban J connectivity index is 1.23.